The van der Waals surface area contributed by atoms with Gasteiger partial charge >= 0.3 is 5.97 Å². The van der Waals surface area contributed by atoms with E-state index >= 15 is 0 Å². The van der Waals surface area contributed by atoms with Crippen molar-refractivity contribution in [2.24, 2.45) is 10.9 Å². The van der Waals surface area contributed by atoms with Crippen LogP contribution >= 0.6 is 0 Å². The third-order valence-corrected chi connectivity index (χ3v) is 4.36. The van der Waals surface area contributed by atoms with E-state index in [2.05, 4.69) is 11.9 Å². The second-order valence-electron chi connectivity index (χ2n) is 6.10. The quantitative estimate of drug-likeness (QED) is 0.635. The summed E-state index contributed by atoms with van der Waals surface area (Å²) < 4.78 is 16.4. The highest BCUT2D eigenvalue weighted by Gasteiger charge is 2.36. The van der Waals surface area contributed by atoms with E-state index in [-0.39, 0.29) is 11.6 Å². The summed E-state index contributed by atoms with van der Waals surface area (Å²) in [7, 11) is 1.57. The van der Waals surface area contributed by atoms with Crippen molar-refractivity contribution in [1.29, 1.82) is 0 Å². The van der Waals surface area contributed by atoms with E-state index in [1.165, 1.54) is 0 Å². The fraction of sp³-hybridized carbons (Fsp3) is 0.263. The molecule has 2 atom stereocenters. The van der Waals surface area contributed by atoms with Gasteiger partial charge in [0.05, 0.1) is 12.7 Å². The Balaban J connectivity index is 1.62. The van der Waals surface area contributed by atoms with E-state index in [1.54, 1.807) is 25.3 Å². The van der Waals surface area contributed by atoms with Crippen molar-refractivity contribution in [3.63, 3.8) is 0 Å². The normalized spacial score (nSPS) is 24.0. The molecule has 0 spiro atoms. The molecule has 2 heterocycles. The molecule has 1 saturated carbocycles. The molecule has 0 saturated heterocycles. The number of nitrogens with zero attached hydrogens (tertiary/aromatic N) is 1. The van der Waals surface area contributed by atoms with Gasteiger partial charge in [0.25, 0.3) is 0 Å². The minimum absolute atomic E-state index is 0.223. The molecule has 24 heavy (non-hydrogen) atoms. The summed E-state index contributed by atoms with van der Waals surface area (Å²) in [5, 5.41) is 0. The van der Waals surface area contributed by atoms with Gasteiger partial charge in [-0.05, 0) is 36.6 Å². The fourth-order valence-electron chi connectivity index (χ4n) is 2.84. The zero-order valence-corrected chi connectivity index (χ0v) is 13.5. The Morgan fingerprint density at radius 3 is 2.79 bits per heavy atom. The number of esters is 1. The molecule has 1 aliphatic carbocycles. The third kappa shape index (κ3) is 2.62. The van der Waals surface area contributed by atoms with Crippen molar-refractivity contribution in [3.8, 4) is 5.75 Å². The molecule has 2 unspecified atom stereocenters. The van der Waals surface area contributed by atoms with Crippen molar-refractivity contribution in [3.05, 3.63) is 59.2 Å². The first-order valence-corrected chi connectivity index (χ1v) is 7.91. The van der Waals surface area contributed by atoms with Gasteiger partial charge in [-0.3, -0.25) is 0 Å². The van der Waals surface area contributed by atoms with Gasteiger partial charge in [-0.2, -0.15) is 0 Å². The lowest BCUT2D eigenvalue weighted by Crippen LogP contribution is -2.06. The Kier molecular flexibility index (Phi) is 3.49. The molecule has 0 radical (unpaired) electrons. The first-order chi connectivity index (χ1) is 11.7. The van der Waals surface area contributed by atoms with Crippen LogP contribution in [0.25, 0.3) is 6.08 Å². The minimum atomic E-state index is -0.492. The molecule has 122 valence electrons. The standard InChI is InChI=1S/C19H17NO4/c1-11-9-14(11)17-8-7-12(23-17)10-15-19(21)24-18(20-15)13-5-3-4-6-16(13)22-2/h3-8,10-11,14H,9H2,1-2H3. The monoisotopic (exact) mass is 323 g/mol. The summed E-state index contributed by atoms with van der Waals surface area (Å²) in [5.74, 6) is 3.10. The van der Waals surface area contributed by atoms with Gasteiger partial charge in [-0.1, -0.05) is 19.1 Å². The van der Waals surface area contributed by atoms with Gasteiger partial charge in [0.15, 0.2) is 5.70 Å². The molecule has 1 fully saturated rings. The number of methoxy groups -OCH3 is 1. The van der Waals surface area contributed by atoms with E-state index in [9.17, 15) is 4.79 Å². The smallest absolute Gasteiger partial charge is 0.363 e. The Morgan fingerprint density at radius 2 is 2.04 bits per heavy atom. The molecule has 2 aliphatic rings. The number of ether oxygens (including phenoxy) is 2. The van der Waals surface area contributed by atoms with Crippen molar-refractivity contribution in [2.45, 2.75) is 19.3 Å². The number of furan rings is 1. The van der Waals surface area contributed by atoms with Gasteiger partial charge in [0.2, 0.25) is 5.90 Å². The predicted octanol–water partition coefficient (Wildman–Crippen LogP) is 3.76. The van der Waals surface area contributed by atoms with Gasteiger partial charge < -0.3 is 13.9 Å². The first-order valence-electron chi connectivity index (χ1n) is 7.91. The van der Waals surface area contributed by atoms with E-state index in [0.29, 0.717) is 28.9 Å². The molecule has 5 heteroatoms. The Labute approximate surface area is 139 Å². The number of aliphatic imine (C=N–C) groups is 1. The van der Waals surface area contributed by atoms with E-state index in [1.807, 2.05) is 24.3 Å². The highest BCUT2D eigenvalue weighted by Crippen LogP contribution is 2.47. The van der Waals surface area contributed by atoms with Crippen LogP contribution in [0.2, 0.25) is 0 Å². The van der Waals surface area contributed by atoms with Crippen LogP contribution in [-0.4, -0.2) is 19.0 Å². The highest BCUT2D eigenvalue weighted by molar-refractivity contribution is 6.13. The number of carbonyl (C=O) groups excluding carboxylic acids is 1. The molecular weight excluding hydrogens is 306 g/mol. The van der Waals surface area contributed by atoms with Crippen LogP contribution in [0.3, 0.4) is 0 Å². The van der Waals surface area contributed by atoms with E-state index < -0.39 is 5.97 Å². The molecule has 1 aromatic carbocycles. The zero-order valence-electron chi connectivity index (χ0n) is 13.5. The maximum absolute atomic E-state index is 12.1. The lowest BCUT2D eigenvalue weighted by Gasteiger charge is -2.05. The topological polar surface area (TPSA) is 61.0 Å². The number of cyclic esters (lactones) is 1. The summed E-state index contributed by atoms with van der Waals surface area (Å²) >= 11 is 0. The van der Waals surface area contributed by atoms with Gasteiger partial charge in [-0.25, -0.2) is 9.79 Å². The van der Waals surface area contributed by atoms with Crippen molar-refractivity contribution in [2.75, 3.05) is 7.11 Å². The third-order valence-electron chi connectivity index (χ3n) is 4.36. The number of hydrogen-bond acceptors (Lipinski definition) is 5. The lowest BCUT2D eigenvalue weighted by atomic mass is 10.2. The summed E-state index contributed by atoms with van der Waals surface area (Å²) in [5.41, 5.74) is 0.865. The summed E-state index contributed by atoms with van der Waals surface area (Å²) in [4.78, 5) is 16.4. The fourth-order valence-corrected chi connectivity index (χ4v) is 2.84. The van der Waals surface area contributed by atoms with Crippen LogP contribution in [0.15, 0.2) is 51.5 Å². The van der Waals surface area contributed by atoms with Crippen LogP contribution in [0.1, 0.15) is 36.3 Å². The van der Waals surface area contributed by atoms with E-state index in [4.69, 9.17) is 13.9 Å². The second-order valence-corrected chi connectivity index (χ2v) is 6.10. The van der Waals surface area contributed by atoms with Gasteiger partial charge in [0.1, 0.15) is 17.3 Å². The van der Waals surface area contributed by atoms with Crippen LogP contribution in [-0.2, 0) is 9.53 Å². The van der Waals surface area contributed by atoms with Crippen molar-refractivity contribution < 1.29 is 18.7 Å². The van der Waals surface area contributed by atoms with Crippen LogP contribution < -0.4 is 4.74 Å². The maximum atomic E-state index is 12.1. The maximum Gasteiger partial charge on any atom is 0.363 e. The highest BCUT2D eigenvalue weighted by atomic mass is 16.6. The molecule has 4 rings (SSSR count). The molecule has 1 aliphatic heterocycles. The predicted molar refractivity (Wildman–Crippen MR) is 88.8 cm³/mol. The molecule has 0 amide bonds. The summed E-state index contributed by atoms with van der Waals surface area (Å²) in [6.45, 7) is 2.20. The first kappa shape index (κ1) is 14.8. The Bertz CT molecular complexity index is 862. The number of hydrogen-bond donors (Lipinski definition) is 0. The number of benzene rings is 1. The Morgan fingerprint density at radius 1 is 1.25 bits per heavy atom. The lowest BCUT2D eigenvalue weighted by molar-refractivity contribution is -0.129. The summed E-state index contributed by atoms with van der Waals surface area (Å²) in [6, 6.07) is 11.1. The molecule has 5 nitrogen and oxygen atoms in total. The average Bonchev–Trinajstić information content (AvgIpc) is 2.98. The SMILES string of the molecule is COc1ccccc1C1=NC(=Cc2ccc(C3CC3C)o2)C(=O)O1. The van der Waals surface area contributed by atoms with Crippen molar-refractivity contribution >= 4 is 17.9 Å². The minimum Gasteiger partial charge on any atom is -0.496 e. The zero-order chi connectivity index (χ0) is 16.7. The van der Waals surface area contributed by atoms with E-state index in [0.717, 1.165) is 12.2 Å². The number of rotatable bonds is 4. The molecule has 1 aromatic heterocycles. The van der Waals surface area contributed by atoms with Crippen LogP contribution in [0.5, 0.6) is 5.75 Å². The molecule has 2 aromatic rings. The largest absolute Gasteiger partial charge is 0.496 e. The average molecular weight is 323 g/mol. The van der Waals surface area contributed by atoms with Crippen LogP contribution in [0.4, 0.5) is 0 Å². The molecule has 0 N–H and O–H groups in total. The number of para-hydroxylation sites is 1. The molecule has 0 bridgehead atoms. The number of carbonyl (C=O) groups is 1. The van der Waals surface area contributed by atoms with Crippen LogP contribution in [0, 0.1) is 5.92 Å². The molecular formula is C19H17NO4. The Hall–Kier alpha value is -2.82. The van der Waals surface area contributed by atoms with Gasteiger partial charge in [0, 0.05) is 12.0 Å². The summed E-state index contributed by atoms with van der Waals surface area (Å²) in [6.07, 6.45) is 2.77. The van der Waals surface area contributed by atoms with Crippen molar-refractivity contribution in [1.82, 2.24) is 0 Å². The second kappa shape index (κ2) is 5.67. The van der Waals surface area contributed by atoms with Gasteiger partial charge in [-0.15, -0.1) is 0 Å².